The Morgan fingerprint density at radius 1 is 1.17 bits per heavy atom. The van der Waals surface area contributed by atoms with Gasteiger partial charge < -0.3 is 4.90 Å². The molecule has 120 valence electrons. The molecule has 0 unspecified atom stereocenters. The largest absolute Gasteiger partial charge is 0.350 e. The summed E-state index contributed by atoms with van der Waals surface area (Å²) >= 11 is 0. The predicted octanol–water partition coefficient (Wildman–Crippen LogP) is -0.0735. The van der Waals surface area contributed by atoms with E-state index >= 15 is 0 Å². The summed E-state index contributed by atoms with van der Waals surface area (Å²) in [6, 6.07) is 4.38. The highest BCUT2D eigenvalue weighted by molar-refractivity contribution is 5.46. The summed E-state index contributed by atoms with van der Waals surface area (Å²) in [6.07, 6.45) is 4.98. The van der Waals surface area contributed by atoms with Crippen LogP contribution < -0.4 is 4.90 Å². The smallest absolute Gasteiger partial charge is 0.177 e. The molecule has 9 nitrogen and oxygen atoms in total. The van der Waals surface area contributed by atoms with Crippen molar-refractivity contribution in [2.24, 2.45) is 0 Å². The molecule has 0 spiro atoms. The Balaban J connectivity index is 1.40. The number of rotatable bonds is 4. The number of hydrogen-bond donors (Lipinski definition) is 0. The van der Waals surface area contributed by atoms with Gasteiger partial charge in [-0.25, -0.2) is 4.98 Å². The van der Waals surface area contributed by atoms with Crippen molar-refractivity contribution in [1.82, 2.24) is 39.5 Å². The SMILES string of the molecule is C[C@@H]1CN(CCn2cncn2)CCN1c1ccc2nncn2n1. The monoisotopic (exact) mass is 313 g/mol. The van der Waals surface area contributed by atoms with E-state index in [0.29, 0.717) is 6.04 Å². The lowest BCUT2D eigenvalue weighted by Crippen LogP contribution is -2.52. The number of hydrogen-bond acceptors (Lipinski definition) is 7. The van der Waals surface area contributed by atoms with Crippen LogP contribution >= 0.6 is 0 Å². The summed E-state index contributed by atoms with van der Waals surface area (Å²) in [4.78, 5) is 8.77. The summed E-state index contributed by atoms with van der Waals surface area (Å²) in [5.41, 5.74) is 0.771. The number of nitrogens with zero attached hydrogens (tertiary/aromatic N) is 9. The van der Waals surface area contributed by atoms with Crippen molar-refractivity contribution in [3.8, 4) is 0 Å². The van der Waals surface area contributed by atoms with Gasteiger partial charge in [-0.05, 0) is 19.1 Å². The average Bonchev–Trinajstić information content (AvgIpc) is 3.23. The third kappa shape index (κ3) is 2.87. The maximum Gasteiger partial charge on any atom is 0.177 e. The molecule has 1 aliphatic rings. The molecule has 3 aromatic heterocycles. The molecule has 0 aromatic carbocycles. The fourth-order valence-corrected chi connectivity index (χ4v) is 3.04. The van der Waals surface area contributed by atoms with Crippen LogP contribution in [0.2, 0.25) is 0 Å². The van der Waals surface area contributed by atoms with E-state index in [4.69, 9.17) is 0 Å². The van der Waals surface area contributed by atoms with Crippen LogP contribution in [0.25, 0.3) is 5.65 Å². The first-order chi connectivity index (χ1) is 11.3. The number of anilines is 1. The highest BCUT2D eigenvalue weighted by Crippen LogP contribution is 2.18. The Morgan fingerprint density at radius 3 is 2.96 bits per heavy atom. The Kier molecular flexibility index (Phi) is 3.62. The van der Waals surface area contributed by atoms with Crippen LogP contribution in [0.5, 0.6) is 0 Å². The zero-order chi connectivity index (χ0) is 15.6. The average molecular weight is 313 g/mol. The Morgan fingerprint density at radius 2 is 2.13 bits per heavy atom. The fourth-order valence-electron chi connectivity index (χ4n) is 3.04. The van der Waals surface area contributed by atoms with Crippen LogP contribution in [0.15, 0.2) is 31.1 Å². The minimum atomic E-state index is 0.404. The number of aromatic nitrogens is 7. The lowest BCUT2D eigenvalue weighted by Gasteiger charge is -2.40. The summed E-state index contributed by atoms with van der Waals surface area (Å²) in [7, 11) is 0. The van der Waals surface area contributed by atoms with Gasteiger partial charge in [0.25, 0.3) is 0 Å². The first-order valence-electron chi connectivity index (χ1n) is 7.78. The van der Waals surface area contributed by atoms with Gasteiger partial charge in [0.1, 0.15) is 24.8 Å². The standard InChI is InChI=1S/C14H19N9/c1-12-8-20(4-6-21-10-15-9-17-21)5-7-22(12)14-3-2-13-18-16-11-23(13)19-14/h2-3,9-12H,4-8H2,1H3/t12-/m1/s1. The maximum absolute atomic E-state index is 4.60. The van der Waals surface area contributed by atoms with Crippen molar-refractivity contribution in [3.63, 3.8) is 0 Å². The topological polar surface area (TPSA) is 80.3 Å². The molecule has 3 aromatic rings. The molecule has 1 saturated heterocycles. The van der Waals surface area contributed by atoms with Crippen molar-refractivity contribution in [1.29, 1.82) is 0 Å². The molecule has 4 heterocycles. The zero-order valence-corrected chi connectivity index (χ0v) is 13.0. The molecule has 0 aliphatic carbocycles. The van der Waals surface area contributed by atoms with Gasteiger partial charge in [0.15, 0.2) is 5.65 Å². The lowest BCUT2D eigenvalue weighted by molar-refractivity contribution is 0.217. The zero-order valence-electron chi connectivity index (χ0n) is 13.0. The molecule has 0 N–H and O–H groups in total. The molecule has 23 heavy (non-hydrogen) atoms. The molecule has 9 heteroatoms. The third-order valence-electron chi connectivity index (χ3n) is 4.27. The quantitative estimate of drug-likeness (QED) is 0.667. The molecule has 1 atom stereocenters. The second-order valence-electron chi connectivity index (χ2n) is 5.83. The molecule has 0 saturated carbocycles. The molecular weight excluding hydrogens is 294 g/mol. The van der Waals surface area contributed by atoms with Gasteiger partial charge in [-0.1, -0.05) is 0 Å². The van der Waals surface area contributed by atoms with Crippen molar-refractivity contribution in [2.75, 3.05) is 31.1 Å². The van der Waals surface area contributed by atoms with Crippen molar-refractivity contribution in [3.05, 3.63) is 31.1 Å². The Bertz CT molecular complexity index is 766. The van der Waals surface area contributed by atoms with Crippen LogP contribution in [-0.2, 0) is 6.54 Å². The molecule has 0 amide bonds. The van der Waals surface area contributed by atoms with Crippen LogP contribution in [0.1, 0.15) is 6.92 Å². The van der Waals surface area contributed by atoms with Gasteiger partial charge >= 0.3 is 0 Å². The van der Waals surface area contributed by atoms with Crippen molar-refractivity contribution in [2.45, 2.75) is 19.5 Å². The fraction of sp³-hybridized carbons (Fsp3) is 0.500. The van der Waals surface area contributed by atoms with Gasteiger partial charge in [0, 0.05) is 32.2 Å². The van der Waals surface area contributed by atoms with E-state index in [1.54, 1.807) is 23.5 Å². The van der Waals surface area contributed by atoms with Crippen molar-refractivity contribution < 1.29 is 0 Å². The van der Waals surface area contributed by atoms with E-state index in [9.17, 15) is 0 Å². The predicted molar refractivity (Wildman–Crippen MR) is 84.1 cm³/mol. The molecule has 0 radical (unpaired) electrons. The summed E-state index contributed by atoms with van der Waals surface area (Å²) in [5, 5.41) is 16.6. The van der Waals surface area contributed by atoms with E-state index in [1.165, 1.54) is 0 Å². The van der Waals surface area contributed by atoms with Crippen LogP contribution in [0.4, 0.5) is 5.82 Å². The molecule has 1 fully saturated rings. The third-order valence-corrected chi connectivity index (χ3v) is 4.27. The van der Waals surface area contributed by atoms with Gasteiger partial charge in [0.05, 0.1) is 6.54 Å². The molecular formula is C14H19N9. The molecule has 0 bridgehead atoms. The normalized spacial score (nSPS) is 19.5. The van der Waals surface area contributed by atoms with Gasteiger partial charge in [-0.3, -0.25) is 9.58 Å². The van der Waals surface area contributed by atoms with E-state index in [-0.39, 0.29) is 0 Å². The highest BCUT2D eigenvalue weighted by Gasteiger charge is 2.24. The molecule has 1 aliphatic heterocycles. The number of piperazine rings is 1. The Labute approximate surface area is 133 Å². The summed E-state index contributed by atoms with van der Waals surface area (Å²) in [5.74, 6) is 0.973. The van der Waals surface area contributed by atoms with E-state index < -0.39 is 0 Å². The van der Waals surface area contributed by atoms with Gasteiger partial charge in [-0.15, -0.1) is 15.3 Å². The first kappa shape index (κ1) is 14.1. The number of fused-ring (bicyclic) bond motifs is 1. The second kappa shape index (κ2) is 5.92. The van der Waals surface area contributed by atoms with Crippen LogP contribution in [-0.4, -0.2) is 71.7 Å². The van der Waals surface area contributed by atoms with E-state index in [1.807, 2.05) is 16.8 Å². The summed E-state index contributed by atoms with van der Waals surface area (Å²) < 4.78 is 3.59. The molecule has 4 rings (SSSR count). The highest BCUT2D eigenvalue weighted by atomic mass is 15.4. The Hall–Kier alpha value is -2.55. The second-order valence-corrected chi connectivity index (χ2v) is 5.83. The first-order valence-corrected chi connectivity index (χ1v) is 7.78. The van der Waals surface area contributed by atoms with Crippen LogP contribution in [0, 0.1) is 0 Å². The maximum atomic E-state index is 4.60. The van der Waals surface area contributed by atoms with Gasteiger partial charge in [-0.2, -0.15) is 9.61 Å². The van der Waals surface area contributed by atoms with Gasteiger partial charge in [0.2, 0.25) is 0 Å². The minimum Gasteiger partial charge on any atom is -0.350 e. The van der Waals surface area contributed by atoms with Crippen molar-refractivity contribution >= 4 is 11.5 Å². The van der Waals surface area contributed by atoms with Crippen LogP contribution in [0.3, 0.4) is 0 Å². The minimum absolute atomic E-state index is 0.404. The van der Waals surface area contributed by atoms with E-state index in [0.717, 1.165) is 44.2 Å². The summed E-state index contributed by atoms with van der Waals surface area (Å²) in [6.45, 7) is 7.08. The van der Waals surface area contributed by atoms with E-state index in [2.05, 4.69) is 42.1 Å². The lowest BCUT2D eigenvalue weighted by atomic mass is 10.2.